The molecule has 1 fully saturated rings. The van der Waals surface area contributed by atoms with Crippen LogP contribution in [-0.4, -0.2) is 54.0 Å². The van der Waals surface area contributed by atoms with Crippen LogP contribution in [0.15, 0.2) is 24.3 Å². The molecule has 1 aliphatic rings. The van der Waals surface area contributed by atoms with Gasteiger partial charge in [-0.25, -0.2) is 4.79 Å². The maximum absolute atomic E-state index is 12.1. The van der Waals surface area contributed by atoms with Crippen LogP contribution >= 0.6 is 0 Å². The smallest absolute Gasteiger partial charge is 0.315 e. The number of nitro groups is 1. The minimum Gasteiger partial charge on any atom is -0.336 e. The van der Waals surface area contributed by atoms with Crippen molar-refractivity contribution in [3.63, 3.8) is 0 Å². The maximum atomic E-state index is 12.1. The lowest BCUT2D eigenvalue weighted by Gasteiger charge is -2.34. The molecule has 0 bridgehead atoms. The molecule has 1 aromatic carbocycles. The first-order valence-corrected chi connectivity index (χ1v) is 7.72. The summed E-state index contributed by atoms with van der Waals surface area (Å²) >= 11 is 0. The van der Waals surface area contributed by atoms with E-state index in [1.807, 2.05) is 6.92 Å². The van der Waals surface area contributed by atoms with Crippen molar-refractivity contribution in [2.75, 3.05) is 26.2 Å². The first-order valence-electron chi connectivity index (χ1n) is 7.72. The van der Waals surface area contributed by atoms with Gasteiger partial charge in [0.2, 0.25) is 5.91 Å². The normalized spacial score (nSPS) is 17.2. The van der Waals surface area contributed by atoms with Crippen LogP contribution in [0.25, 0.3) is 0 Å². The van der Waals surface area contributed by atoms with Crippen LogP contribution in [0.1, 0.15) is 12.5 Å². The van der Waals surface area contributed by atoms with Crippen LogP contribution in [0.5, 0.6) is 0 Å². The number of hydrogen-bond acceptors (Lipinski definition) is 5. The molecular formula is C15H21N5O4. The second kappa shape index (κ2) is 8.25. The summed E-state index contributed by atoms with van der Waals surface area (Å²) in [6.45, 7) is 4.25. The first kappa shape index (κ1) is 17.7. The van der Waals surface area contributed by atoms with E-state index < -0.39 is 11.0 Å². The summed E-state index contributed by atoms with van der Waals surface area (Å²) in [6, 6.07) is 5.56. The second-order valence-electron chi connectivity index (χ2n) is 5.60. The fourth-order valence-corrected chi connectivity index (χ4v) is 2.45. The van der Waals surface area contributed by atoms with Gasteiger partial charge in [-0.05, 0) is 12.5 Å². The molecule has 0 aliphatic carbocycles. The van der Waals surface area contributed by atoms with E-state index in [4.69, 9.17) is 0 Å². The molecule has 24 heavy (non-hydrogen) atoms. The molecule has 0 aromatic heterocycles. The third-order valence-electron chi connectivity index (χ3n) is 3.82. The van der Waals surface area contributed by atoms with Crippen LogP contribution in [0.2, 0.25) is 0 Å². The summed E-state index contributed by atoms with van der Waals surface area (Å²) in [6.07, 6.45) is 0. The predicted octanol–water partition coefficient (Wildman–Crippen LogP) is 0.214. The minimum absolute atomic E-state index is 0.000982. The highest BCUT2D eigenvalue weighted by atomic mass is 16.6. The van der Waals surface area contributed by atoms with E-state index in [-0.39, 0.29) is 30.7 Å². The molecule has 3 N–H and O–H groups in total. The number of nitro benzene ring substituents is 1. The Hall–Kier alpha value is -2.68. The summed E-state index contributed by atoms with van der Waals surface area (Å²) in [5.41, 5.74) is 0.733. The molecule has 1 saturated heterocycles. The monoisotopic (exact) mass is 335 g/mol. The molecule has 9 nitrogen and oxygen atoms in total. The van der Waals surface area contributed by atoms with Gasteiger partial charge in [-0.15, -0.1) is 0 Å². The predicted molar refractivity (Wildman–Crippen MR) is 87.4 cm³/mol. The molecule has 3 amide bonds. The molecule has 1 aliphatic heterocycles. The van der Waals surface area contributed by atoms with Crippen molar-refractivity contribution < 1.29 is 14.5 Å². The zero-order valence-corrected chi connectivity index (χ0v) is 13.4. The lowest BCUT2D eigenvalue weighted by atomic mass is 10.2. The second-order valence-corrected chi connectivity index (χ2v) is 5.60. The number of nitrogens with zero attached hydrogens (tertiary/aromatic N) is 2. The van der Waals surface area contributed by atoms with Gasteiger partial charge in [0, 0.05) is 44.4 Å². The highest BCUT2D eigenvalue weighted by molar-refractivity contribution is 5.84. The lowest BCUT2D eigenvalue weighted by Crippen LogP contribution is -2.55. The number of nitrogens with one attached hydrogen (secondary N) is 3. The molecule has 9 heteroatoms. The number of carbonyl (C=O) groups excluding carboxylic acids is 2. The number of non-ortho nitro benzene ring substituents is 1. The third-order valence-corrected chi connectivity index (χ3v) is 3.82. The Labute approximate surface area is 139 Å². The molecule has 0 spiro atoms. The summed E-state index contributed by atoms with van der Waals surface area (Å²) in [4.78, 5) is 35.7. The Balaban J connectivity index is 1.73. The van der Waals surface area contributed by atoms with Gasteiger partial charge in [0.15, 0.2) is 0 Å². The largest absolute Gasteiger partial charge is 0.336 e. The molecule has 0 saturated carbocycles. The van der Waals surface area contributed by atoms with Crippen molar-refractivity contribution >= 4 is 17.6 Å². The number of amides is 3. The first-order chi connectivity index (χ1) is 11.5. The van der Waals surface area contributed by atoms with Crippen molar-refractivity contribution in [3.8, 4) is 0 Å². The molecule has 2 rings (SSSR count). The van der Waals surface area contributed by atoms with Crippen molar-refractivity contribution in [1.82, 2.24) is 20.9 Å². The average molecular weight is 335 g/mol. The van der Waals surface area contributed by atoms with Crippen molar-refractivity contribution in [2.45, 2.75) is 19.5 Å². The number of benzene rings is 1. The van der Waals surface area contributed by atoms with Gasteiger partial charge < -0.3 is 20.9 Å². The van der Waals surface area contributed by atoms with Gasteiger partial charge >= 0.3 is 6.03 Å². The molecule has 0 unspecified atom stereocenters. The van der Waals surface area contributed by atoms with Gasteiger partial charge in [-0.3, -0.25) is 14.9 Å². The fraction of sp³-hybridized carbons (Fsp3) is 0.467. The van der Waals surface area contributed by atoms with Crippen LogP contribution in [-0.2, 0) is 11.3 Å². The zero-order chi connectivity index (χ0) is 17.5. The Bertz CT molecular complexity index is 604. The highest BCUT2D eigenvalue weighted by Gasteiger charge is 2.22. The van der Waals surface area contributed by atoms with E-state index in [1.165, 1.54) is 12.1 Å². The van der Waals surface area contributed by atoms with E-state index in [2.05, 4.69) is 16.0 Å². The van der Waals surface area contributed by atoms with Crippen molar-refractivity contribution in [1.29, 1.82) is 0 Å². The van der Waals surface area contributed by atoms with Gasteiger partial charge in [0.1, 0.15) is 0 Å². The Morgan fingerprint density at radius 1 is 1.33 bits per heavy atom. The van der Waals surface area contributed by atoms with Gasteiger partial charge in [-0.1, -0.05) is 12.1 Å². The molecule has 0 radical (unpaired) electrons. The van der Waals surface area contributed by atoms with E-state index in [0.29, 0.717) is 6.54 Å². The summed E-state index contributed by atoms with van der Waals surface area (Å²) in [7, 11) is 0. The van der Waals surface area contributed by atoms with Crippen molar-refractivity contribution in [3.05, 3.63) is 39.9 Å². The maximum Gasteiger partial charge on any atom is 0.315 e. The van der Waals surface area contributed by atoms with Gasteiger partial charge in [-0.2, -0.15) is 0 Å². The number of rotatable bonds is 5. The van der Waals surface area contributed by atoms with Gasteiger partial charge in [0.25, 0.3) is 5.69 Å². The Morgan fingerprint density at radius 2 is 2.04 bits per heavy atom. The average Bonchev–Trinajstić information content (AvgIpc) is 2.58. The van der Waals surface area contributed by atoms with Crippen molar-refractivity contribution in [2.24, 2.45) is 0 Å². The number of hydrogen-bond donors (Lipinski definition) is 3. The summed E-state index contributed by atoms with van der Waals surface area (Å²) in [5.74, 6) is -0.116. The quantitative estimate of drug-likeness (QED) is 0.525. The Kier molecular flexibility index (Phi) is 6.07. The molecule has 1 heterocycles. The van der Waals surface area contributed by atoms with E-state index in [0.717, 1.165) is 18.7 Å². The molecule has 1 aromatic rings. The van der Waals surface area contributed by atoms with Crippen LogP contribution in [0.4, 0.5) is 10.5 Å². The zero-order valence-electron chi connectivity index (χ0n) is 13.4. The molecule has 130 valence electrons. The van der Waals surface area contributed by atoms with Gasteiger partial charge in [0.05, 0.1) is 11.5 Å². The Morgan fingerprint density at radius 3 is 2.67 bits per heavy atom. The lowest BCUT2D eigenvalue weighted by molar-refractivity contribution is -0.384. The van der Waals surface area contributed by atoms with E-state index >= 15 is 0 Å². The number of urea groups is 1. The SMILES string of the molecule is C[C@H]1CNCCN1C(=O)CNC(=O)NCc1ccc([N+](=O)[O-])cc1. The van der Waals surface area contributed by atoms with Crippen LogP contribution < -0.4 is 16.0 Å². The summed E-state index contributed by atoms with van der Waals surface area (Å²) in [5, 5.41) is 18.9. The van der Waals surface area contributed by atoms with E-state index in [9.17, 15) is 19.7 Å². The standard InChI is InChI=1S/C15H21N5O4/c1-11-8-16-6-7-19(11)14(21)10-18-15(22)17-9-12-2-4-13(5-3-12)20(23)24/h2-5,11,16H,6-10H2,1H3,(H2,17,18,22)/t11-/m0/s1. The summed E-state index contributed by atoms with van der Waals surface area (Å²) < 4.78 is 0. The number of piperazine rings is 1. The van der Waals surface area contributed by atoms with Crippen LogP contribution in [0.3, 0.4) is 0 Å². The highest BCUT2D eigenvalue weighted by Crippen LogP contribution is 2.11. The van der Waals surface area contributed by atoms with Crippen LogP contribution in [0, 0.1) is 10.1 Å². The fourth-order valence-electron chi connectivity index (χ4n) is 2.45. The molecular weight excluding hydrogens is 314 g/mol. The molecule has 1 atom stereocenters. The number of carbonyl (C=O) groups is 2. The topological polar surface area (TPSA) is 117 Å². The van der Waals surface area contributed by atoms with E-state index in [1.54, 1.807) is 17.0 Å². The minimum atomic E-state index is -0.480. The third kappa shape index (κ3) is 4.92.